The molecule has 0 bridgehead atoms. The van der Waals surface area contributed by atoms with E-state index in [1.165, 1.54) is 17.8 Å². The van der Waals surface area contributed by atoms with Crippen LogP contribution in [0, 0.1) is 0 Å². The molecule has 1 heterocycles. The fourth-order valence-electron chi connectivity index (χ4n) is 3.10. The number of amides is 1. The third kappa shape index (κ3) is 7.71. The van der Waals surface area contributed by atoms with Crippen LogP contribution in [0.3, 0.4) is 0 Å². The van der Waals surface area contributed by atoms with E-state index in [4.69, 9.17) is 9.47 Å². The van der Waals surface area contributed by atoms with Crippen LogP contribution in [0.25, 0.3) is 0 Å². The second-order valence-corrected chi connectivity index (χ2v) is 10.6. The fraction of sp³-hybridized carbons (Fsp3) is 0.435. The van der Waals surface area contributed by atoms with Gasteiger partial charge in [-0.15, -0.1) is 0 Å². The molecule has 11 heteroatoms. The normalized spacial score (nSPS) is 12.9. The molecule has 0 spiro atoms. The zero-order valence-electron chi connectivity index (χ0n) is 19.1. The topological polar surface area (TPSA) is 71.6 Å². The van der Waals surface area contributed by atoms with Gasteiger partial charge in [-0.25, -0.2) is 4.79 Å². The molecule has 3 N–H and O–H groups in total. The molecule has 0 saturated carbocycles. The minimum atomic E-state index is -4.45. The summed E-state index contributed by atoms with van der Waals surface area (Å²) in [5, 5.41) is 8.96. The van der Waals surface area contributed by atoms with Crippen molar-refractivity contribution in [3.63, 3.8) is 0 Å². The van der Waals surface area contributed by atoms with Crippen molar-refractivity contribution < 1.29 is 27.4 Å². The highest BCUT2D eigenvalue weighted by molar-refractivity contribution is 9.10. The Hall–Kier alpha value is -2.11. The standard InChI is InChI=1S/C23H27BrF3N3O3S/c1-22(2,3)33-21(31)29-8-10-32-9-4-7-28-17-11-14(23(25,26)27)12-19-20(17)30-16-6-5-15(24)13-18(16)34-19/h5-6,11-13,28,30H,4,7-10H2,1-3H3,(H,29,31). The smallest absolute Gasteiger partial charge is 0.416 e. The summed E-state index contributed by atoms with van der Waals surface area (Å²) < 4.78 is 51.9. The first-order valence-electron chi connectivity index (χ1n) is 10.7. The van der Waals surface area contributed by atoms with E-state index in [1.807, 2.05) is 18.2 Å². The molecule has 6 nitrogen and oxygen atoms in total. The van der Waals surface area contributed by atoms with Crippen LogP contribution in [0.5, 0.6) is 0 Å². The fourth-order valence-corrected chi connectivity index (χ4v) is 4.72. The van der Waals surface area contributed by atoms with Crippen LogP contribution < -0.4 is 16.0 Å². The number of carbonyl (C=O) groups is 1. The van der Waals surface area contributed by atoms with Gasteiger partial charge in [0, 0.05) is 34.0 Å². The van der Waals surface area contributed by atoms with Crippen LogP contribution in [0.15, 0.2) is 44.6 Å². The van der Waals surface area contributed by atoms with Gasteiger partial charge in [-0.1, -0.05) is 27.7 Å². The minimum Gasteiger partial charge on any atom is -0.444 e. The Morgan fingerprint density at radius 3 is 2.56 bits per heavy atom. The Labute approximate surface area is 209 Å². The molecule has 0 radical (unpaired) electrons. The molecule has 34 heavy (non-hydrogen) atoms. The highest BCUT2D eigenvalue weighted by Crippen LogP contribution is 2.50. The molecule has 2 aromatic carbocycles. The van der Waals surface area contributed by atoms with E-state index in [-0.39, 0.29) is 0 Å². The van der Waals surface area contributed by atoms with Crippen molar-refractivity contribution in [3.05, 3.63) is 40.4 Å². The van der Waals surface area contributed by atoms with Gasteiger partial charge in [0.25, 0.3) is 0 Å². The van der Waals surface area contributed by atoms with Crippen molar-refractivity contribution in [1.82, 2.24) is 5.32 Å². The van der Waals surface area contributed by atoms with Crippen molar-refractivity contribution in [2.75, 3.05) is 36.9 Å². The van der Waals surface area contributed by atoms with Gasteiger partial charge in [0.2, 0.25) is 0 Å². The molecule has 3 rings (SSSR count). The van der Waals surface area contributed by atoms with Gasteiger partial charge in [-0.05, 0) is 57.5 Å². The molecule has 0 aromatic heterocycles. The zero-order chi connectivity index (χ0) is 24.9. The van der Waals surface area contributed by atoms with Crippen LogP contribution in [-0.2, 0) is 15.7 Å². The lowest BCUT2D eigenvalue weighted by molar-refractivity contribution is -0.137. The summed E-state index contributed by atoms with van der Waals surface area (Å²) in [5.41, 5.74) is 0.578. The molecule has 2 aromatic rings. The number of fused-ring (bicyclic) bond motifs is 2. The van der Waals surface area contributed by atoms with Crippen molar-refractivity contribution in [3.8, 4) is 0 Å². The first-order chi connectivity index (χ1) is 15.9. The van der Waals surface area contributed by atoms with Gasteiger partial charge >= 0.3 is 12.3 Å². The lowest BCUT2D eigenvalue weighted by atomic mass is 10.1. The van der Waals surface area contributed by atoms with Gasteiger partial charge < -0.3 is 25.4 Å². The molecule has 0 atom stereocenters. The highest BCUT2D eigenvalue weighted by atomic mass is 79.9. The molecule has 0 saturated heterocycles. The number of nitrogens with one attached hydrogen (secondary N) is 3. The van der Waals surface area contributed by atoms with Gasteiger partial charge in [0.15, 0.2) is 0 Å². The van der Waals surface area contributed by atoms with Crippen LogP contribution >= 0.6 is 27.7 Å². The number of alkyl carbamates (subject to hydrolysis) is 1. The summed E-state index contributed by atoms with van der Waals surface area (Å²) in [6.45, 7) is 6.77. The van der Waals surface area contributed by atoms with E-state index in [2.05, 4.69) is 31.9 Å². The van der Waals surface area contributed by atoms with Gasteiger partial charge in [-0.3, -0.25) is 0 Å². The van der Waals surface area contributed by atoms with E-state index in [0.29, 0.717) is 49.0 Å². The highest BCUT2D eigenvalue weighted by Gasteiger charge is 2.33. The van der Waals surface area contributed by atoms with Crippen molar-refractivity contribution in [2.24, 2.45) is 0 Å². The number of alkyl halides is 3. The average molecular weight is 562 g/mol. The monoisotopic (exact) mass is 561 g/mol. The Balaban J connectivity index is 1.53. The van der Waals surface area contributed by atoms with E-state index in [1.54, 1.807) is 20.8 Å². The van der Waals surface area contributed by atoms with Crippen LogP contribution in [0.2, 0.25) is 0 Å². The minimum absolute atomic E-state index is 0.306. The molecule has 186 valence electrons. The lowest BCUT2D eigenvalue weighted by Gasteiger charge is -2.25. The number of hydrogen-bond donors (Lipinski definition) is 3. The van der Waals surface area contributed by atoms with E-state index in [0.717, 1.165) is 21.1 Å². The van der Waals surface area contributed by atoms with Crippen molar-refractivity contribution >= 4 is 50.8 Å². The quantitative estimate of drug-likeness (QED) is 0.257. The third-order valence-corrected chi connectivity index (χ3v) is 6.14. The maximum atomic E-state index is 13.5. The van der Waals surface area contributed by atoms with Gasteiger partial charge in [0.05, 0.1) is 29.2 Å². The molecule has 0 unspecified atom stereocenters. The second kappa shape index (κ2) is 11.1. The summed E-state index contributed by atoms with van der Waals surface area (Å²) >= 11 is 4.70. The summed E-state index contributed by atoms with van der Waals surface area (Å²) in [6.07, 6.45) is -4.38. The maximum absolute atomic E-state index is 13.5. The van der Waals surface area contributed by atoms with E-state index < -0.39 is 23.4 Å². The first kappa shape index (κ1) is 26.5. The maximum Gasteiger partial charge on any atom is 0.416 e. The number of anilines is 3. The Kier molecular flexibility index (Phi) is 8.64. The zero-order valence-corrected chi connectivity index (χ0v) is 21.5. The second-order valence-electron chi connectivity index (χ2n) is 8.58. The summed E-state index contributed by atoms with van der Waals surface area (Å²) in [4.78, 5) is 12.9. The molecular formula is C23H27BrF3N3O3S. The SMILES string of the molecule is CC(C)(C)OC(=O)NCCOCCCNc1cc(C(F)(F)F)cc2c1Nc1ccc(Br)cc1S2. The number of ether oxygens (including phenoxy) is 2. The molecule has 0 fully saturated rings. The number of halogens is 4. The Morgan fingerprint density at radius 2 is 1.85 bits per heavy atom. The van der Waals surface area contributed by atoms with Gasteiger partial charge in [0.1, 0.15) is 5.60 Å². The molecule has 1 aliphatic heterocycles. The molecular weight excluding hydrogens is 535 g/mol. The molecule has 1 aliphatic rings. The van der Waals surface area contributed by atoms with Crippen LogP contribution in [0.4, 0.5) is 35.0 Å². The average Bonchev–Trinajstić information content (AvgIpc) is 2.72. The number of rotatable bonds is 8. The summed E-state index contributed by atoms with van der Waals surface area (Å²) in [7, 11) is 0. The lowest BCUT2D eigenvalue weighted by Crippen LogP contribution is -2.34. The number of benzene rings is 2. The predicted molar refractivity (Wildman–Crippen MR) is 131 cm³/mol. The molecule has 1 amide bonds. The van der Waals surface area contributed by atoms with Crippen molar-refractivity contribution in [2.45, 2.75) is 48.8 Å². The third-order valence-electron chi connectivity index (χ3n) is 4.55. The Morgan fingerprint density at radius 1 is 1.09 bits per heavy atom. The summed E-state index contributed by atoms with van der Waals surface area (Å²) in [6, 6.07) is 7.93. The van der Waals surface area contributed by atoms with E-state index in [9.17, 15) is 18.0 Å². The number of hydrogen-bond acceptors (Lipinski definition) is 6. The summed E-state index contributed by atoms with van der Waals surface area (Å²) in [5.74, 6) is 0. The Bertz CT molecular complexity index is 1030. The largest absolute Gasteiger partial charge is 0.444 e. The first-order valence-corrected chi connectivity index (χ1v) is 12.3. The van der Waals surface area contributed by atoms with E-state index >= 15 is 0 Å². The van der Waals surface area contributed by atoms with Crippen LogP contribution in [-0.4, -0.2) is 38.0 Å². The predicted octanol–water partition coefficient (Wildman–Crippen LogP) is 7.02. The van der Waals surface area contributed by atoms with Crippen molar-refractivity contribution in [1.29, 1.82) is 0 Å². The van der Waals surface area contributed by atoms with Crippen LogP contribution in [0.1, 0.15) is 32.8 Å². The molecule has 0 aliphatic carbocycles. The van der Waals surface area contributed by atoms with Gasteiger partial charge in [-0.2, -0.15) is 13.2 Å². The number of carbonyl (C=O) groups excluding carboxylic acids is 1.